The van der Waals surface area contributed by atoms with Crippen LogP contribution in [0.3, 0.4) is 0 Å². The molecular weight excluding hydrogens is 591 g/mol. The number of amides is 2. The number of piperidine rings is 2. The first-order valence-electron chi connectivity index (χ1n) is 16.0. The highest BCUT2D eigenvalue weighted by Crippen LogP contribution is 2.32. The molecule has 0 radical (unpaired) electrons. The van der Waals surface area contributed by atoms with Crippen molar-refractivity contribution in [1.82, 2.24) is 14.8 Å². The van der Waals surface area contributed by atoms with E-state index in [4.69, 9.17) is 11.3 Å². The monoisotopic (exact) mass is 634 g/mol. The first-order valence-corrected chi connectivity index (χ1v) is 16.0. The molecular formula is C35H43FN4O6. The van der Waals surface area contributed by atoms with E-state index in [9.17, 15) is 28.7 Å². The van der Waals surface area contributed by atoms with Crippen LogP contribution in [0.1, 0.15) is 83.6 Å². The van der Waals surface area contributed by atoms with Gasteiger partial charge in [0, 0.05) is 68.8 Å². The third-order valence-electron chi connectivity index (χ3n) is 8.76. The molecule has 2 aliphatic rings. The van der Waals surface area contributed by atoms with Gasteiger partial charge in [0.25, 0.3) is 0 Å². The number of benzene rings is 1. The zero-order chi connectivity index (χ0) is 33.4. The molecule has 246 valence electrons. The van der Waals surface area contributed by atoms with Crippen LogP contribution in [0.4, 0.5) is 14.9 Å². The SMILES string of the molecule is [C-]#[N+]c1ccc(-c2cncc(C(CC(=O)O)CC(=O)[C@@H]3CCCN(C(=O)CCC4CCN(C(=O)OC(C)(C)C)CC4)C3)c2)cc1F. The zero-order valence-corrected chi connectivity index (χ0v) is 26.8. The van der Waals surface area contributed by atoms with Crippen LogP contribution < -0.4 is 0 Å². The highest BCUT2D eigenvalue weighted by Gasteiger charge is 2.32. The number of carboxylic acid groups (broad SMARTS) is 1. The first-order chi connectivity index (χ1) is 21.8. The molecule has 2 saturated heterocycles. The van der Waals surface area contributed by atoms with Gasteiger partial charge in [0.2, 0.25) is 11.6 Å². The van der Waals surface area contributed by atoms with Crippen molar-refractivity contribution in [3.63, 3.8) is 0 Å². The summed E-state index contributed by atoms with van der Waals surface area (Å²) < 4.78 is 19.7. The Morgan fingerprint density at radius 1 is 1.04 bits per heavy atom. The van der Waals surface area contributed by atoms with Gasteiger partial charge < -0.3 is 19.6 Å². The van der Waals surface area contributed by atoms with Gasteiger partial charge in [-0.1, -0.05) is 12.1 Å². The van der Waals surface area contributed by atoms with E-state index in [2.05, 4.69) is 9.83 Å². The molecule has 1 unspecified atom stereocenters. The Hall–Kier alpha value is -4.33. The van der Waals surface area contributed by atoms with E-state index in [1.165, 1.54) is 24.5 Å². The molecule has 2 aromatic rings. The Kier molecular flexibility index (Phi) is 11.5. The molecule has 1 aromatic carbocycles. The van der Waals surface area contributed by atoms with Crippen molar-refractivity contribution in [2.24, 2.45) is 11.8 Å². The fourth-order valence-corrected chi connectivity index (χ4v) is 6.23. The number of carboxylic acids is 1. The van der Waals surface area contributed by atoms with E-state index in [0.29, 0.717) is 68.0 Å². The molecule has 2 aliphatic heterocycles. The minimum Gasteiger partial charge on any atom is -0.481 e. The van der Waals surface area contributed by atoms with Crippen molar-refractivity contribution < 1.29 is 33.4 Å². The number of hydrogen-bond donors (Lipinski definition) is 1. The van der Waals surface area contributed by atoms with Crippen molar-refractivity contribution in [3.05, 3.63) is 59.5 Å². The van der Waals surface area contributed by atoms with E-state index in [-0.39, 0.29) is 42.2 Å². The fourth-order valence-electron chi connectivity index (χ4n) is 6.23. The molecule has 4 rings (SSSR count). The Labute approximate surface area is 269 Å². The summed E-state index contributed by atoms with van der Waals surface area (Å²) in [6.45, 7) is 14.7. The van der Waals surface area contributed by atoms with Gasteiger partial charge in [-0.25, -0.2) is 14.0 Å². The number of halogens is 1. The van der Waals surface area contributed by atoms with Crippen molar-refractivity contribution in [1.29, 1.82) is 0 Å². The minimum absolute atomic E-state index is 0.00856. The number of Topliss-reactive ketones (excluding diaryl/α,β-unsaturated/α-hetero) is 1. The van der Waals surface area contributed by atoms with Crippen LogP contribution in [0.25, 0.3) is 16.0 Å². The summed E-state index contributed by atoms with van der Waals surface area (Å²) >= 11 is 0. The normalized spacial score (nSPS) is 18.0. The summed E-state index contributed by atoms with van der Waals surface area (Å²) in [5, 5.41) is 9.63. The number of rotatable bonds is 10. The summed E-state index contributed by atoms with van der Waals surface area (Å²) in [4.78, 5) is 61.7. The van der Waals surface area contributed by atoms with Crippen LogP contribution >= 0.6 is 0 Å². The number of hydrogen-bond acceptors (Lipinski definition) is 6. The molecule has 1 N–H and O–H groups in total. The van der Waals surface area contributed by atoms with Crippen LogP contribution in [0.5, 0.6) is 0 Å². The lowest BCUT2D eigenvalue weighted by Crippen LogP contribution is -2.43. The van der Waals surface area contributed by atoms with Gasteiger partial charge in [-0.15, -0.1) is 0 Å². The summed E-state index contributed by atoms with van der Waals surface area (Å²) in [5.74, 6) is -2.45. The fraction of sp³-hybridized carbons (Fsp3) is 0.543. The highest BCUT2D eigenvalue weighted by molar-refractivity contribution is 5.84. The van der Waals surface area contributed by atoms with Gasteiger partial charge in [0.15, 0.2) is 0 Å². The van der Waals surface area contributed by atoms with Crippen LogP contribution in [0.15, 0.2) is 36.7 Å². The number of aromatic nitrogens is 1. The molecule has 0 spiro atoms. The van der Waals surface area contributed by atoms with Crippen molar-refractivity contribution in [2.75, 3.05) is 26.2 Å². The van der Waals surface area contributed by atoms with E-state index in [0.717, 1.165) is 19.3 Å². The summed E-state index contributed by atoms with van der Waals surface area (Å²) in [7, 11) is 0. The number of nitrogens with zero attached hydrogens (tertiary/aromatic N) is 4. The van der Waals surface area contributed by atoms with Gasteiger partial charge in [0.1, 0.15) is 17.2 Å². The Morgan fingerprint density at radius 3 is 2.43 bits per heavy atom. The number of carbonyl (C=O) groups excluding carboxylic acids is 3. The van der Waals surface area contributed by atoms with E-state index < -0.39 is 23.3 Å². The third-order valence-corrected chi connectivity index (χ3v) is 8.76. The second-order valence-corrected chi connectivity index (χ2v) is 13.4. The number of carbonyl (C=O) groups is 4. The van der Waals surface area contributed by atoms with E-state index in [1.54, 1.807) is 21.9 Å². The minimum atomic E-state index is -1.05. The number of aliphatic carboxylic acids is 1. The largest absolute Gasteiger partial charge is 0.481 e. The number of ether oxygens (including phenoxy) is 1. The van der Waals surface area contributed by atoms with Gasteiger partial charge in [-0.3, -0.25) is 19.4 Å². The van der Waals surface area contributed by atoms with Crippen molar-refractivity contribution >= 4 is 29.4 Å². The molecule has 10 nitrogen and oxygen atoms in total. The van der Waals surface area contributed by atoms with Gasteiger partial charge in [-0.2, -0.15) is 0 Å². The lowest BCUT2D eigenvalue weighted by Gasteiger charge is -2.35. The summed E-state index contributed by atoms with van der Waals surface area (Å²) in [6, 6.07) is 5.95. The molecule has 2 fully saturated rings. The molecule has 46 heavy (non-hydrogen) atoms. The number of ketones is 1. The standard InChI is InChI=1S/C35H43FN4O6/c1-35(2,3)46-34(45)39-14-11-23(12-15-39)7-10-32(42)40-13-5-6-25(22-40)31(41)18-26(19-33(43)44)28-16-27(20-38-21-28)24-8-9-30(37-4)29(36)17-24/h8-9,16-17,20-21,23,25-26H,5-7,10-15,18-19,22H2,1-3H3,(H,43,44)/t25-,26?/m1/s1. The Bertz CT molecular complexity index is 1470. The zero-order valence-electron chi connectivity index (χ0n) is 26.8. The van der Waals surface area contributed by atoms with E-state index in [1.807, 2.05) is 20.8 Å². The predicted molar refractivity (Wildman–Crippen MR) is 170 cm³/mol. The molecule has 0 aliphatic carbocycles. The molecule has 3 heterocycles. The van der Waals surface area contributed by atoms with Gasteiger partial charge in [0.05, 0.1) is 13.0 Å². The lowest BCUT2D eigenvalue weighted by molar-refractivity contribution is -0.137. The smallest absolute Gasteiger partial charge is 0.410 e. The second kappa shape index (κ2) is 15.3. The van der Waals surface area contributed by atoms with Gasteiger partial charge in [-0.05, 0) is 82.1 Å². The number of likely N-dealkylation sites (tertiary alicyclic amines) is 2. The quantitative estimate of drug-likeness (QED) is 0.292. The molecule has 2 atom stereocenters. The van der Waals surface area contributed by atoms with E-state index >= 15 is 0 Å². The van der Waals surface area contributed by atoms with Crippen molar-refractivity contribution in [3.8, 4) is 11.1 Å². The molecule has 2 amide bonds. The second-order valence-electron chi connectivity index (χ2n) is 13.4. The Balaban J connectivity index is 1.32. The molecule has 0 bridgehead atoms. The summed E-state index contributed by atoms with van der Waals surface area (Å²) in [5.41, 5.74) is 0.978. The molecule has 11 heteroatoms. The average molecular weight is 635 g/mol. The number of pyridine rings is 1. The maximum absolute atomic E-state index is 14.3. The van der Waals surface area contributed by atoms with Crippen LogP contribution in [0, 0.1) is 24.2 Å². The highest BCUT2D eigenvalue weighted by atomic mass is 19.1. The van der Waals surface area contributed by atoms with Gasteiger partial charge >= 0.3 is 12.1 Å². The van der Waals surface area contributed by atoms with Crippen LogP contribution in [-0.4, -0.2) is 75.4 Å². The van der Waals surface area contributed by atoms with Crippen molar-refractivity contribution in [2.45, 2.75) is 83.7 Å². The lowest BCUT2D eigenvalue weighted by atomic mass is 9.84. The maximum atomic E-state index is 14.3. The van der Waals surface area contributed by atoms with Crippen LogP contribution in [-0.2, 0) is 19.1 Å². The average Bonchev–Trinajstić information content (AvgIpc) is 3.02. The topological polar surface area (TPSA) is 121 Å². The maximum Gasteiger partial charge on any atom is 0.410 e. The molecule has 1 aromatic heterocycles. The Morgan fingerprint density at radius 2 is 1.78 bits per heavy atom. The molecule has 0 saturated carbocycles. The summed E-state index contributed by atoms with van der Waals surface area (Å²) in [6.07, 6.45) is 6.55. The third kappa shape index (κ3) is 9.59. The predicted octanol–water partition coefficient (Wildman–Crippen LogP) is 6.62. The van der Waals surface area contributed by atoms with Crippen LogP contribution in [0.2, 0.25) is 0 Å². The first kappa shape index (κ1) is 34.5.